The van der Waals surface area contributed by atoms with Gasteiger partial charge in [-0.05, 0) is 19.9 Å². The first-order valence-electron chi connectivity index (χ1n) is 2.60. The van der Waals surface area contributed by atoms with Crippen molar-refractivity contribution in [2.24, 2.45) is 4.99 Å². The van der Waals surface area contributed by atoms with E-state index in [9.17, 15) is 0 Å². The number of hydrogen-bond donors (Lipinski definition) is 1. The number of aliphatic hydroxyl groups excluding tert-OH is 1. The van der Waals surface area contributed by atoms with Gasteiger partial charge in [0.25, 0.3) is 0 Å². The summed E-state index contributed by atoms with van der Waals surface area (Å²) >= 11 is 0. The van der Waals surface area contributed by atoms with Gasteiger partial charge in [-0.2, -0.15) is 0 Å². The quantitative estimate of drug-likeness (QED) is 0.532. The number of aliphatic imine (C=N–C) groups is 1. The molecule has 0 heterocycles. The predicted octanol–water partition coefficient (Wildman–Crippen LogP) is 0.972. The van der Waals surface area contributed by atoms with Crippen LogP contribution in [0.15, 0.2) is 17.1 Å². The second-order valence-corrected chi connectivity index (χ2v) is 1.46. The Morgan fingerprint density at radius 2 is 2.25 bits per heavy atom. The van der Waals surface area contributed by atoms with Crippen molar-refractivity contribution < 1.29 is 5.11 Å². The van der Waals surface area contributed by atoms with Crippen molar-refractivity contribution in [3.8, 4) is 0 Å². The molecule has 0 saturated carbocycles. The number of aliphatic hydroxyl groups is 1. The maximum atomic E-state index is 8.55. The summed E-state index contributed by atoms with van der Waals surface area (Å²) in [5.41, 5.74) is 0. The average Bonchev–Trinajstić information content (AvgIpc) is 1.66. The fraction of sp³-hybridized carbons (Fsp3) is 0.500. The van der Waals surface area contributed by atoms with Gasteiger partial charge in [-0.3, -0.25) is 4.99 Å². The van der Waals surface area contributed by atoms with Gasteiger partial charge in [-0.15, -0.1) is 0 Å². The van der Waals surface area contributed by atoms with Crippen LogP contribution in [0.5, 0.6) is 0 Å². The molecule has 0 bridgehead atoms. The van der Waals surface area contributed by atoms with Crippen LogP contribution in [0.2, 0.25) is 0 Å². The van der Waals surface area contributed by atoms with Gasteiger partial charge in [0, 0.05) is 6.21 Å². The van der Waals surface area contributed by atoms with Crippen LogP contribution in [0.25, 0.3) is 0 Å². The number of nitrogens with zero attached hydrogens (tertiary/aromatic N) is 1. The van der Waals surface area contributed by atoms with Crippen molar-refractivity contribution in [2.45, 2.75) is 20.1 Å². The summed E-state index contributed by atoms with van der Waals surface area (Å²) in [4.78, 5) is 3.66. The van der Waals surface area contributed by atoms with Crippen LogP contribution in [0, 0.1) is 0 Å². The van der Waals surface area contributed by atoms with Crippen molar-refractivity contribution in [1.29, 1.82) is 0 Å². The summed E-state index contributed by atoms with van der Waals surface area (Å²) in [6.07, 6.45) is 4.62. The molecule has 0 aromatic rings. The molecule has 8 heavy (non-hydrogen) atoms. The Morgan fingerprint density at radius 3 is 2.62 bits per heavy atom. The normalized spacial score (nSPS) is 15.9. The molecule has 0 aromatic heterocycles. The van der Waals surface area contributed by atoms with Gasteiger partial charge in [0.05, 0.1) is 0 Å². The van der Waals surface area contributed by atoms with Crippen molar-refractivity contribution >= 4 is 6.21 Å². The Morgan fingerprint density at radius 1 is 1.62 bits per heavy atom. The third-order valence-corrected chi connectivity index (χ3v) is 0.580. The van der Waals surface area contributed by atoms with E-state index >= 15 is 0 Å². The van der Waals surface area contributed by atoms with E-state index in [2.05, 4.69) is 4.99 Å². The van der Waals surface area contributed by atoms with E-state index in [-0.39, 0.29) is 0 Å². The molecule has 0 saturated heterocycles. The molecule has 2 nitrogen and oxygen atoms in total. The minimum absolute atomic E-state index is 0.578. The lowest BCUT2D eigenvalue weighted by Crippen LogP contribution is -1.92. The zero-order valence-corrected chi connectivity index (χ0v) is 5.20. The lowest BCUT2D eigenvalue weighted by atomic mass is 10.5. The summed E-state index contributed by atoms with van der Waals surface area (Å²) in [7, 11) is 0. The average molecular weight is 113 g/mol. The van der Waals surface area contributed by atoms with Crippen LogP contribution in [-0.4, -0.2) is 17.5 Å². The molecule has 0 spiro atoms. The minimum atomic E-state index is -0.578. The van der Waals surface area contributed by atoms with Gasteiger partial charge in [0.2, 0.25) is 0 Å². The van der Waals surface area contributed by atoms with Crippen molar-refractivity contribution in [1.82, 2.24) is 0 Å². The van der Waals surface area contributed by atoms with Gasteiger partial charge < -0.3 is 5.11 Å². The number of hydrogen-bond acceptors (Lipinski definition) is 2. The highest BCUT2D eigenvalue weighted by atomic mass is 16.3. The summed E-state index contributed by atoms with van der Waals surface area (Å²) in [6.45, 7) is 3.51. The Balaban J connectivity index is 3.34. The molecule has 2 heteroatoms. The Bertz CT molecular complexity index is 94.7. The molecular weight excluding hydrogens is 102 g/mol. The van der Waals surface area contributed by atoms with Crippen LogP contribution in [0.3, 0.4) is 0 Å². The smallest absolute Gasteiger partial charge is 0.142 e. The number of allylic oxidation sites excluding steroid dienone is 2. The molecule has 0 aliphatic rings. The fourth-order valence-corrected chi connectivity index (χ4v) is 0.260. The topological polar surface area (TPSA) is 32.6 Å². The van der Waals surface area contributed by atoms with Gasteiger partial charge in [-0.25, -0.2) is 0 Å². The van der Waals surface area contributed by atoms with Crippen molar-refractivity contribution in [3.63, 3.8) is 0 Å². The van der Waals surface area contributed by atoms with Crippen LogP contribution < -0.4 is 0 Å². The SMILES string of the molecule is C/C=C\C=NC(C)O. The second kappa shape index (κ2) is 4.53. The van der Waals surface area contributed by atoms with Crippen LogP contribution in [0.4, 0.5) is 0 Å². The maximum Gasteiger partial charge on any atom is 0.142 e. The number of rotatable bonds is 2. The third-order valence-electron chi connectivity index (χ3n) is 0.580. The van der Waals surface area contributed by atoms with E-state index in [1.54, 1.807) is 19.2 Å². The Hall–Kier alpha value is -0.630. The molecule has 1 atom stereocenters. The van der Waals surface area contributed by atoms with Gasteiger partial charge in [-0.1, -0.05) is 6.08 Å². The van der Waals surface area contributed by atoms with E-state index in [1.807, 2.05) is 13.0 Å². The monoisotopic (exact) mass is 113 g/mol. The van der Waals surface area contributed by atoms with Crippen LogP contribution in [-0.2, 0) is 0 Å². The van der Waals surface area contributed by atoms with Gasteiger partial charge in [0.1, 0.15) is 6.23 Å². The van der Waals surface area contributed by atoms with Crippen molar-refractivity contribution in [3.05, 3.63) is 12.2 Å². The molecule has 0 aromatic carbocycles. The molecule has 0 amide bonds. The predicted molar refractivity (Wildman–Crippen MR) is 35.0 cm³/mol. The summed E-state index contributed by atoms with van der Waals surface area (Å²) in [5, 5.41) is 8.55. The summed E-state index contributed by atoms with van der Waals surface area (Å²) in [5.74, 6) is 0. The molecule has 1 N–H and O–H groups in total. The molecule has 1 unspecified atom stereocenters. The second-order valence-electron chi connectivity index (χ2n) is 1.46. The van der Waals surface area contributed by atoms with E-state index in [0.29, 0.717) is 0 Å². The van der Waals surface area contributed by atoms with E-state index in [0.717, 1.165) is 0 Å². The third kappa shape index (κ3) is 5.37. The van der Waals surface area contributed by atoms with Gasteiger partial charge in [0.15, 0.2) is 0 Å². The van der Waals surface area contributed by atoms with E-state index in [1.165, 1.54) is 0 Å². The molecular formula is C6H11NO. The summed E-state index contributed by atoms with van der Waals surface area (Å²) in [6, 6.07) is 0. The maximum absolute atomic E-state index is 8.55. The Labute approximate surface area is 49.6 Å². The minimum Gasteiger partial charge on any atom is -0.372 e. The standard InChI is InChI=1S/C6H11NO/c1-3-4-5-7-6(2)8/h3-6,8H,1-2H3/b4-3-,7-5?. The fourth-order valence-electron chi connectivity index (χ4n) is 0.260. The van der Waals surface area contributed by atoms with E-state index < -0.39 is 6.23 Å². The van der Waals surface area contributed by atoms with Crippen molar-refractivity contribution in [2.75, 3.05) is 0 Å². The van der Waals surface area contributed by atoms with E-state index in [4.69, 9.17) is 5.11 Å². The molecule has 0 rings (SSSR count). The largest absolute Gasteiger partial charge is 0.372 e. The highest BCUT2D eigenvalue weighted by Crippen LogP contribution is 1.77. The zero-order valence-electron chi connectivity index (χ0n) is 5.20. The first-order valence-corrected chi connectivity index (χ1v) is 2.60. The molecule has 46 valence electrons. The molecule has 0 aliphatic heterocycles. The first kappa shape index (κ1) is 7.37. The Kier molecular flexibility index (Phi) is 4.17. The highest BCUT2D eigenvalue weighted by Gasteiger charge is 1.79. The molecule has 0 aliphatic carbocycles. The molecule has 0 radical (unpaired) electrons. The highest BCUT2D eigenvalue weighted by molar-refractivity contribution is 5.70. The molecule has 0 fully saturated rings. The van der Waals surface area contributed by atoms with Gasteiger partial charge >= 0.3 is 0 Å². The first-order chi connectivity index (χ1) is 3.77. The van der Waals surface area contributed by atoms with Crippen LogP contribution >= 0.6 is 0 Å². The zero-order chi connectivity index (χ0) is 6.41. The summed E-state index contributed by atoms with van der Waals surface area (Å²) < 4.78 is 0. The van der Waals surface area contributed by atoms with Crippen LogP contribution in [0.1, 0.15) is 13.8 Å². The lowest BCUT2D eigenvalue weighted by Gasteiger charge is -1.88. The lowest BCUT2D eigenvalue weighted by molar-refractivity contribution is 0.206.